The SMILES string of the molecule is CC(C)(C)OC(=O)COc1cccc(C(=O)CN)c1. The highest BCUT2D eigenvalue weighted by molar-refractivity contribution is 5.97. The molecule has 0 saturated carbocycles. The lowest BCUT2D eigenvalue weighted by Crippen LogP contribution is -2.27. The molecular weight excluding hydrogens is 246 g/mol. The third-order valence-corrected chi connectivity index (χ3v) is 2.12. The Morgan fingerprint density at radius 1 is 1.26 bits per heavy atom. The van der Waals surface area contributed by atoms with E-state index < -0.39 is 11.6 Å². The van der Waals surface area contributed by atoms with Crippen molar-refractivity contribution in [1.82, 2.24) is 0 Å². The topological polar surface area (TPSA) is 78.6 Å². The summed E-state index contributed by atoms with van der Waals surface area (Å²) >= 11 is 0. The molecule has 0 atom stereocenters. The highest BCUT2D eigenvalue weighted by atomic mass is 16.6. The number of hydrogen-bond donors (Lipinski definition) is 1. The number of ether oxygens (including phenoxy) is 2. The van der Waals surface area contributed by atoms with Crippen LogP contribution in [0.5, 0.6) is 5.75 Å². The molecule has 1 rings (SSSR count). The molecule has 5 heteroatoms. The number of benzene rings is 1. The van der Waals surface area contributed by atoms with Gasteiger partial charge in [-0.25, -0.2) is 4.79 Å². The number of nitrogens with two attached hydrogens (primary N) is 1. The zero-order valence-corrected chi connectivity index (χ0v) is 11.4. The number of Topliss-reactive ketones (excluding diaryl/α,β-unsaturated/α-hetero) is 1. The molecular formula is C14H19NO4. The summed E-state index contributed by atoms with van der Waals surface area (Å²) in [5, 5.41) is 0. The summed E-state index contributed by atoms with van der Waals surface area (Å²) in [5.74, 6) is -0.198. The fourth-order valence-corrected chi connectivity index (χ4v) is 1.39. The summed E-state index contributed by atoms with van der Waals surface area (Å²) in [5.41, 5.74) is 5.20. The minimum atomic E-state index is -0.544. The fraction of sp³-hybridized carbons (Fsp3) is 0.429. The zero-order chi connectivity index (χ0) is 14.5. The molecule has 1 aromatic rings. The molecule has 0 aliphatic heterocycles. The molecule has 0 radical (unpaired) electrons. The Kier molecular flexibility index (Phi) is 5.06. The number of esters is 1. The molecule has 5 nitrogen and oxygen atoms in total. The van der Waals surface area contributed by atoms with Gasteiger partial charge in [0.05, 0.1) is 6.54 Å². The van der Waals surface area contributed by atoms with Crippen LogP contribution in [-0.4, -0.2) is 30.5 Å². The first-order valence-electron chi connectivity index (χ1n) is 6.00. The zero-order valence-electron chi connectivity index (χ0n) is 11.4. The van der Waals surface area contributed by atoms with Gasteiger partial charge in [-0.1, -0.05) is 12.1 Å². The molecule has 104 valence electrons. The van der Waals surface area contributed by atoms with Crippen LogP contribution in [0.1, 0.15) is 31.1 Å². The van der Waals surface area contributed by atoms with Gasteiger partial charge in [0, 0.05) is 5.56 Å². The van der Waals surface area contributed by atoms with E-state index in [0.717, 1.165) is 0 Å². The van der Waals surface area contributed by atoms with Gasteiger partial charge in [0.15, 0.2) is 12.4 Å². The predicted molar refractivity (Wildman–Crippen MR) is 71.2 cm³/mol. The third kappa shape index (κ3) is 5.52. The standard InChI is InChI=1S/C14H19NO4/c1-14(2,3)19-13(17)9-18-11-6-4-5-10(7-11)12(16)8-15/h4-7H,8-9,15H2,1-3H3. The van der Waals surface area contributed by atoms with E-state index in [0.29, 0.717) is 11.3 Å². The maximum absolute atomic E-state index is 11.5. The van der Waals surface area contributed by atoms with Crippen LogP contribution in [0.4, 0.5) is 0 Å². The number of ketones is 1. The molecule has 0 aliphatic carbocycles. The summed E-state index contributed by atoms with van der Waals surface area (Å²) in [4.78, 5) is 22.9. The first-order valence-corrected chi connectivity index (χ1v) is 6.00. The lowest BCUT2D eigenvalue weighted by atomic mass is 10.1. The molecule has 2 N–H and O–H groups in total. The van der Waals surface area contributed by atoms with E-state index in [2.05, 4.69) is 0 Å². The summed E-state index contributed by atoms with van der Waals surface area (Å²) < 4.78 is 10.4. The second-order valence-corrected chi connectivity index (χ2v) is 5.03. The molecule has 0 amide bonds. The van der Waals surface area contributed by atoms with Crippen molar-refractivity contribution >= 4 is 11.8 Å². The fourth-order valence-electron chi connectivity index (χ4n) is 1.39. The quantitative estimate of drug-likeness (QED) is 0.645. The highest BCUT2D eigenvalue weighted by Crippen LogP contribution is 2.14. The minimum Gasteiger partial charge on any atom is -0.482 e. The van der Waals surface area contributed by atoms with Gasteiger partial charge in [-0.3, -0.25) is 4.79 Å². The average Bonchev–Trinajstić information content (AvgIpc) is 2.34. The van der Waals surface area contributed by atoms with Gasteiger partial charge < -0.3 is 15.2 Å². The van der Waals surface area contributed by atoms with E-state index in [9.17, 15) is 9.59 Å². The summed E-state index contributed by atoms with van der Waals surface area (Å²) in [6.07, 6.45) is 0. The smallest absolute Gasteiger partial charge is 0.344 e. The molecule has 0 spiro atoms. The molecule has 0 saturated heterocycles. The lowest BCUT2D eigenvalue weighted by molar-refractivity contribution is -0.157. The van der Waals surface area contributed by atoms with Crippen LogP contribution < -0.4 is 10.5 Å². The van der Waals surface area contributed by atoms with Crippen molar-refractivity contribution in [2.24, 2.45) is 5.73 Å². The molecule has 0 bridgehead atoms. The number of carbonyl (C=O) groups excluding carboxylic acids is 2. The second-order valence-electron chi connectivity index (χ2n) is 5.03. The maximum atomic E-state index is 11.5. The van der Waals surface area contributed by atoms with Gasteiger partial charge in [-0.05, 0) is 32.9 Å². The van der Waals surface area contributed by atoms with Crippen LogP contribution in [0.15, 0.2) is 24.3 Å². The largest absolute Gasteiger partial charge is 0.482 e. The predicted octanol–water partition coefficient (Wildman–Crippen LogP) is 1.55. The van der Waals surface area contributed by atoms with Crippen LogP contribution in [-0.2, 0) is 9.53 Å². The molecule has 19 heavy (non-hydrogen) atoms. The highest BCUT2D eigenvalue weighted by Gasteiger charge is 2.16. The van der Waals surface area contributed by atoms with Gasteiger partial charge in [0.25, 0.3) is 0 Å². The van der Waals surface area contributed by atoms with Crippen LogP contribution in [0.25, 0.3) is 0 Å². The first-order chi connectivity index (χ1) is 8.81. The molecule has 0 aliphatic rings. The monoisotopic (exact) mass is 265 g/mol. The molecule has 0 fully saturated rings. The Balaban J connectivity index is 2.59. The van der Waals surface area contributed by atoms with E-state index >= 15 is 0 Å². The van der Waals surface area contributed by atoms with Crippen molar-refractivity contribution in [3.05, 3.63) is 29.8 Å². The lowest BCUT2D eigenvalue weighted by Gasteiger charge is -2.19. The first kappa shape index (κ1) is 15.2. The van der Waals surface area contributed by atoms with Gasteiger partial charge >= 0.3 is 5.97 Å². The number of hydrogen-bond acceptors (Lipinski definition) is 5. The van der Waals surface area contributed by atoms with Crippen LogP contribution >= 0.6 is 0 Å². The van der Waals surface area contributed by atoms with Crippen molar-refractivity contribution in [3.63, 3.8) is 0 Å². The van der Waals surface area contributed by atoms with Crippen molar-refractivity contribution < 1.29 is 19.1 Å². The maximum Gasteiger partial charge on any atom is 0.344 e. The average molecular weight is 265 g/mol. The Morgan fingerprint density at radius 2 is 1.95 bits per heavy atom. The number of carbonyl (C=O) groups is 2. The van der Waals surface area contributed by atoms with Crippen LogP contribution in [0, 0.1) is 0 Å². The molecule has 0 unspecified atom stereocenters. The van der Waals surface area contributed by atoms with Gasteiger partial charge in [-0.2, -0.15) is 0 Å². The van der Waals surface area contributed by atoms with Crippen molar-refractivity contribution in [2.45, 2.75) is 26.4 Å². The van der Waals surface area contributed by atoms with Crippen LogP contribution in [0.2, 0.25) is 0 Å². The van der Waals surface area contributed by atoms with Crippen LogP contribution in [0.3, 0.4) is 0 Å². The van der Waals surface area contributed by atoms with E-state index in [1.807, 2.05) is 0 Å². The Bertz CT molecular complexity index is 463. The van der Waals surface area contributed by atoms with E-state index in [1.54, 1.807) is 45.0 Å². The van der Waals surface area contributed by atoms with Crippen molar-refractivity contribution in [3.8, 4) is 5.75 Å². The molecule has 0 aromatic heterocycles. The Morgan fingerprint density at radius 3 is 2.53 bits per heavy atom. The van der Waals surface area contributed by atoms with Crippen molar-refractivity contribution in [2.75, 3.05) is 13.2 Å². The minimum absolute atomic E-state index is 0.0600. The molecule has 0 heterocycles. The van der Waals surface area contributed by atoms with Crippen molar-refractivity contribution in [1.29, 1.82) is 0 Å². The Labute approximate surface area is 112 Å². The molecule has 1 aromatic carbocycles. The van der Waals surface area contributed by atoms with Gasteiger partial charge in [0.2, 0.25) is 0 Å². The second kappa shape index (κ2) is 6.33. The summed E-state index contributed by atoms with van der Waals surface area (Å²) in [6.45, 7) is 5.09. The number of rotatable bonds is 5. The summed E-state index contributed by atoms with van der Waals surface area (Å²) in [6, 6.07) is 6.54. The third-order valence-electron chi connectivity index (χ3n) is 2.12. The van der Waals surface area contributed by atoms with E-state index in [-0.39, 0.29) is 18.9 Å². The normalized spacial score (nSPS) is 10.9. The van der Waals surface area contributed by atoms with E-state index in [1.165, 1.54) is 0 Å². The Hall–Kier alpha value is -1.88. The van der Waals surface area contributed by atoms with Gasteiger partial charge in [-0.15, -0.1) is 0 Å². The van der Waals surface area contributed by atoms with Gasteiger partial charge in [0.1, 0.15) is 11.4 Å². The van der Waals surface area contributed by atoms with E-state index in [4.69, 9.17) is 15.2 Å². The summed E-state index contributed by atoms with van der Waals surface area (Å²) in [7, 11) is 0.